The van der Waals surface area contributed by atoms with Crippen LogP contribution in [0.1, 0.15) is 25.0 Å². The number of hydrogen-bond acceptors (Lipinski definition) is 5. The fourth-order valence-electron chi connectivity index (χ4n) is 3.21. The van der Waals surface area contributed by atoms with E-state index in [2.05, 4.69) is 31.3 Å². The SMILES string of the molecule is CC1(C)Cc2cccc(OCC(=O)Nc3ncn(Cc4ccc(Br)cc4)n3)c2O1. The molecule has 150 valence electrons. The molecule has 0 spiro atoms. The van der Waals surface area contributed by atoms with Crippen molar-refractivity contribution < 1.29 is 14.3 Å². The molecule has 1 aliphatic heterocycles. The Morgan fingerprint density at radius 2 is 2.07 bits per heavy atom. The number of aromatic nitrogens is 3. The molecule has 0 unspecified atom stereocenters. The van der Waals surface area contributed by atoms with Crippen LogP contribution in [0.3, 0.4) is 0 Å². The van der Waals surface area contributed by atoms with Gasteiger partial charge in [0, 0.05) is 16.5 Å². The Kier molecular flexibility index (Phi) is 5.27. The van der Waals surface area contributed by atoms with E-state index in [9.17, 15) is 4.79 Å². The summed E-state index contributed by atoms with van der Waals surface area (Å²) in [5.74, 6) is 1.19. The smallest absolute Gasteiger partial charge is 0.264 e. The predicted molar refractivity (Wildman–Crippen MR) is 112 cm³/mol. The van der Waals surface area contributed by atoms with Crippen molar-refractivity contribution in [1.29, 1.82) is 0 Å². The van der Waals surface area contributed by atoms with Gasteiger partial charge in [-0.3, -0.25) is 10.1 Å². The summed E-state index contributed by atoms with van der Waals surface area (Å²) in [6.45, 7) is 4.47. The van der Waals surface area contributed by atoms with E-state index in [0.29, 0.717) is 18.0 Å². The van der Waals surface area contributed by atoms with Crippen molar-refractivity contribution in [2.45, 2.75) is 32.4 Å². The predicted octanol–water partition coefficient (Wildman–Crippen LogP) is 3.82. The van der Waals surface area contributed by atoms with Crippen molar-refractivity contribution in [2.75, 3.05) is 11.9 Å². The first-order valence-corrected chi connectivity index (χ1v) is 10.0. The van der Waals surface area contributed by atoms with E-state index in [4.69, 9.17) is 9.47 Å². The molecule has 4 rings (SSSR count). The molecule has 7 nitrogen and oxygen atoms in total. The number of carbonyl (C=O) groups is 1. The molecule has 29 heavy (non-hydrogen) atoms. The van der Waals surface area contributed by atoms with Crippen LogP contribution < -0.4 is 14.8 Å². The standard InChI is InChI=1S/C21H21BrN4O3/c1-21(2)10-15-4-3-5-17(19(15)29-21)28-12-18(27)24-20-23-13-26(25-20)11-14-6-8-16(22)9-7-14/h3-9,13H,10-12H2,1-2H3,(H,24,25,27). The molecule has 0 saturated carbocycles. The minimum absolute atomic E-state index is 0.151. The number of fused-ring (bicyclic) bond motifs is 1. The van der Waals surface area contributed by atoms with Crippen LogP contribution >= 0.6 is 15.9 Å². The van der Waals surface area contributed by atoms with Crippen molar-refractivity contribution >= 4 is 27.8 Å². The van der Waals surface area contributed by atoms with Gasteiger partial charge < -0.3 is 9.47 Å². The summed E-state index contributed by atoms with van der Waals surface area (Å²) in [4.78, 5) is 16.4. The largest absolute Gasteiger partial charge is 0.483 e. The molecule has 0 radical (unpaired) electrons. The second-order valence-electron chi connectivity index (χ2n) is 7.51. The molecule has 0 fully saturated rings. The third-order valence-corrected chi connectivity index (χ3v) is 4.99. The minimum Gasteiger partial charge on any atom is -0.483 e. The Labute approximate surface area is 177 Å². The van der Waals surface area contributed by atoms with Crippen molar-refractivity contribution in [3.63, 3.8) is 0 Å². The maximum Gasteiger partial charge on any atom is 0.264 e. The van der Waals surface area contributed by atoms with E-state index in [-0.39, 0.29) is 24.1 Å². The lowest BCUT2D eigenvalue weighted by Crippen LogP contribution is -2.25. The van der Waals surface area contributed by atoms with Crippen LogP contribution in [0, 0.1) is 0 Å². The van der Waals surface area contributed by atoms with Crippen molar-refractivity contribution in [2.24, 2.45) is 0 Å². The van der Waals surface area contributed by atoms with Gasteiger partial charge in [0.25, 0.3) is 5.91 Å². The van der Waals surface area contributed by atoms with E-state index < -0.39 is 0 Å². The number of rotatable bonds is 6. The number of carbonyl (C=O) groups excluding carboxylic acids is 1. The zero-order chi connectivity index (χ0) is 20.4. The Morgan fingerprint density at radius 3 is 2.86 bits per heavy atom. The van der Waals surface area contributed by atoms with Gasteiger partial charge in [-0.25, -0.2) is 9.67 Å². The van der Waals surface area contributed by atoms with Gasteiger partial charge in [0.1, 0.15) is 11.9 Å². The molecule has 2 aromatic carbocycles. The van der Waals surface area contributed by atoms with E-state index >= 15 is 0 Å². The summed E-state index contributed by atoms with van der Waals surface area (Å²) in [6, 6.07) is 13.7. The van der Waals surface area contributed by atoms with E-state index in [1.807, 2.05) is 50.2 Å². The molecule has 2 heterocycles. The summed E-state index contributed by atoms with van der Waals surface area (Å²) in [6.07, 6.45) is 2.39. The van der Waals surface area contributed by atoms with Gasteiger partial charge in [0.15, 0.2) is 18.1 Å². The highest BCUT2D eigenvalue weighted by Gasteiger charge is 2.32. The molecule has 0 saturated heterocycles. The van der Waals surface area contributed by atoms with Crippen molar-refractivity contribution in [1.82, 2.24) is 14.8 Å². The Morgan fingerprint density at radius 1 is 1.28 bits per heavy atom. The molecule has 0 atom stereocenters. The van der Waals surface area contributed by atoms with Crippen LogP contribution in [0.4, 0.5) is 5.95 Å². The number of para-hydroxylation sites is 1. The fourth-order valence-corrected chi connectivity index (χ4v) is 3.47. The van der Waals surface area contributed by atoms with Crippen LogP contribution in [0.15, 0.2) is 53.3 Å². The zero-order valence-corrected chi connectivity index (χ0v) is 17.8. The van der Waals surface area contributed by atoms with Crippen LogP contribution in [0.25, 0.3) is 0 Å². The molecule has 8 heteroatoms. The van der Waals surface area contributed by atoms with Gasteiger partial charge in [0.05, 0.1) is 6.54 Å². The highest BCUT2D eigenvalue weighted by molar-refractivity contribution is 9.10. The van der Waals surface area contributed by atoms with Gasteiger partial charge >= 0.3 is 0 Å². The second kappa shape index (κ2) is 7.87. The summed E-state index contributed by atoms with van der Waals surface area (Å²) in [5.41, 5.74) is 1.90. The third-order valence-electron chi connectivity index (χ3n) is 4.46. The Balaban J connectivity index is 1.33. The number of nitrogens with zero attached hydrogens (tertiary/aromatic N) is 3. The monoisotopic (exact) mass is 456 g/mol. The molecule has 1 aliphatic rings. The molecular weight excluding hydrogens is 436 g/mol. The number of halogens is 1. The van der Waals surface area contributed by atoms with Crippen LogP contribution in [0.5, 0.6) is 11.5 Å². The van der Waals surface area contributed by atoms with Crippen LogP contribution in [-0.2, 0) is 17.8 Å². The first kappa shape index (κ1) is 19.4. The lowest BCUT2D eigenvalue weighted by Gasteiger charge is -2.18. The summed E-state index contributed by atoms with van der Waals surface area (Å²) < 4.78 is 14.3. The van der Waals surface area contributed by atoms with Gasteiger partial charge in [0.2, 0.25) is 5.95 Å². The van der Waals surface area contributed by atoms with Gasteiger partial charge in [-0.1, -0.05) is 40.2 Å². The van der Waals surface area contributed by atoms with Crippen molar-refractivity contribution in [3.05, 3.63) is 64.4 Å². The molecule has 0 aliphatic carbocycles. The fraction of sp³-hybridized carbons (Fsp3) is 0.286. The third kappa shape index (κ3) is 4.76. The van der Waals surface area contributed by atoms with Crippen LogP contribution in [0.2, 0.25) is 0 Å². The first-order valence-electron chi connectivity index (χ1n) is 9.25. The molecule has 1 aromatic heterocycles. The Bertz CT molecular complexity index is 1030. The van der Waals surface area contributed by atoms with E-state index in [0.717, 1.165) is 22.0 Å². The average molecular weight is 457 g/mol. The number of anilines is 1. The van der Waals surface area contributed by atoms with Gasteiger partial charge in [-0.05, 0) is 37.6 Å². The highest BCUT2D eigenvalue weighted by atomic mass is 79.9. The number of benzene rings is 2. The minimum atomic E-state index is -0.332. The van der Waals surface area contributed by atoms with Gasteiger partial charge in [-0.2, -0.15) is 0 Å². The average Bonchev–Trinajstić information content (AvgIpc) is 3.24. The summed E-state index contributed by atoms with van der Waals surface area (Å²) in [5, 5.41) is 6.94. The molecule has 0 bridgehead atoms. The summed E-state index contributed by atoms with van der Waals surface area (Å²) in [7, 11) is 0. The van der Waals surface area contributed by atoms with Crippen molar-refractivity contribution in [3.8, 4) is 11.5 Å². The second-order valence-corrected chi connectivity index (χ2v) is 8.43. The van der Waals surface area contributed by atoms with E-state index in [1.54, 1.807) is 17.1 Å². The Hall–Kier alpha value is -2.87. The number of ether oxygens (including phenoxy) is 2. The molecule has 1 N–H and O–H groups in total. The maximum atomic E-state index is 12.2. The lowest BCUT2D eigenvalue weighted by atomic mass is 10.0. The molecular formula is C21H21BrN4O3. The van der Waals surface area contributed by atoms with Crippen LogP contribution in [-0.4, -0.2) is 32.9 Å². The normalized spacial score (nSPS) is 14.2. The maximum absolute atomic E-state index is 12.2. The molecule has 1 amide bonds. The molecule has 3 aromatic rings. The first-order chi connectivity index (χ1) is 13.9. The summed E-state index contributed by atoms with van der Waals surface area (Å²) >= 11 is 3.41. The number of nitrogens with one attached hydrogen (secondary N) is 1. The number of hydrogen-bond donors (Lipinski definition) is 1. The van der Waals surface area contributed by atoms with E-state index in [1.165, 1.54) is 0 Å². The van der Waals surface area contributed by atoms with Gasteiger partial charge in [-0.15, -0.1) is 5.10 Å². The zero-order valence-electron chi connectivity index (χ0n) is 16.2. The highest BCUT2D eigenvalue weighted by Crippen LogP contribution is 2.41. The lowest BCUT2D eigenvalue weighted by molar-refractivity contribution is -0.118. The topological polar surface area (TPSA) is 78.3 Å². The number of amides is 1. The quantitative estimate of drug-likeness (QED) is 0.609.